The monoisotopic (exact) mass is 372 g/mol. The smallest absolute Gasteiger partial charge is 0.294 e. The number of anilines is 1. The van der Waals surface area contributed by atoms with Crippen LogP contribution < -0.4 is 10.1 Å². The molecule has 2 rings (SSSR count). The van der Waals surface area contributed by atoms with Crippen LogP contribution in [0.3, 0.4) is 0 Å². The summed E-state index contributed by atoms with van der Waals surface area (Å²) in [6.45, 7) is 2.35. The first-order valence-electron chi connectivity index (χ1n) is 7.39. The van der Waals surface area contributed by atoms with E-state index in [-0.39, 0.29) is 36.4 Å². The maximum Gasteiger partial charge on any atom is 0.294 e. The Morgan fingerprint density at radius 3 is 2.92 bits per heavy atom. The first-order chi connectivity index (χ1) is 11.9. The van der Waals surface area contributed by atoms with Gasteiger partial charge in [0.05, 0.1) is 20.3 Å². The molecule has 1 aliphatic rings. The Bertz CT molecular complexity index is 698. The highest BCUT2D eigenvalue weighted by atomic mass is 35.5. The summed E-state index contributed by atoms with van der Waals surface area (Å²) in [6, 6.07) is 0. The number of rotatable bonds is 7. The van der Waals surface area contributed by atoms with Gasteiger partial charge in [0.2, 0.25) is 17.7 Å². The summed E-state index contributed by atoms with van der Waals surface area (Å²) in [6.07, 6.45) is 0.311. The number of nitrogens with one attached hydrogen (secondary N) is 1. The summed E-state index contributed by atoms with van der Waals surface area (Å²) in [5.74, 6) is 0.741. The molecule has 1 aromatic rings. The predicted molar refractivity (Wildman–Crippen MR) is 88.1 cm³/mol. The van der Waals surface area contributed by atoms with Crippen molar-refractivity contribution in [2.45, 2.75) is 19.8 Å². The molecule has 1 amide bonds. The molecule has 2 heterocycles. The highest BCUT2D eigenvalue weighted by Gasteiger charge is 2.25. The lowest BCUT2D eigenvalue weighted by Gasteiger charge is -2.20. The molecule has 11 nitrogen and oxygen atoms in total. The van der Waals surface area contributed by atoms with Crippen molar-refractivity contribution in [3.63, 3.8) is 0 Å². The summed E-state index contributed by atoms with van der Waals surface area (Å²) in [5, 5.41) is 12.3. The van der Waals surface area contributed by atoms with Gasteiger partial charge in [-0.1, -0.05) is 11.6 Å². The van der Waals surface area contributed by atoms with Gasteiger partial charge < -0.3 is 14.9 Å². The van der Waals surface area contributed by atoms with Gasteiger partial charge in [0, 0.05) is 13.0 Å². The van der Waals surface area contributed by atoms with Gasteiger partial charge in [-0.25, -0.2) is 4.98 Å². The Balaban J connectivity index is 2.02. The second-order valence-electron chi connectivity index (χ2n) is 4.98. The number of aliphatic imine (C=N–C) groups is 1. The van der Waals surface area contributed by atoms with Crippen molar-refractivity contribution >= 4 is 29.2 Å². The molecule has 0 fully saturated rings. The topological polar surface area (TPSA) is 132 Å². The van der Waals surface area contributed by atoms with E-state index in [1.807, 2.05) is 0 Å². The largest absolute Gasteiger partial charge is 0.479 e. The lowest BCUT2D eigenvalue weighted by molar-refractivity contribution is -0.757. The van der Waals surface area contributed by atoms with E-state index in [4.69, 9.17) is 16.3 Å². The third kappa shape index (κ3) is 4.89. The van der Waals surface area contributed by atoms with Gasteiger partial charge in [0.15, 0.2) is 5.15 Å². The average Bonchev–Trinajstić information content (AvgIpc) is 3.01. The maximum atomic E-state index is 12.3. The molecule has 136 valence electrons. The van der Waals surface area contributed by atoms with E-state index in [9.17, 15) is 14.9 Å². The van der Waals surface area contributed by atoms with Crippen LogP contribution in [0.25, 0.3) is 0 Å². The van der Waals surface area contributed by atoms with Gasteiger partial charge in [-0.2, -0.15) is 4.98 Å². The number of halogens is 1. The molecular formula is C13H17ClN6O5. The van der Waals surface area contributed by atoms with Gasteiger partial charge in [0.1, 0.15) is 11.5 Å². The van der Waals surface area contributed by atoms with E-state index in [2.05, 4.69) is 25.1 Å². The highest BCUT2D eigenvalue weighted by molar-refractivity contribution is 6.33. The molecule has 0 unspecified atom stereocenters. The van der Waals surface area contributed by atoms with Gasteiger partial charge in [0.25, 0.3) is 5.09 Å². The fraction of sp³-hybridized carbons (Fsp3) is 0.538. The lowest BCUT2D eigenvalue weighted by Crippen LogP contribution is -2.38. The Morgan fingerprint density at radius 2 is 2.24 bits per heavy atom. The van der Waals surface area contributed by atoms with E-state index >= 15 is 0 Å². The predicted octanol–water partition coefficient (Wildman–Crippen LogP) is 1.05. The number of aryl methyl sites for hydroxylation is 1. The second kappa shape index (κ2) is 8.42. The van der Waals surface area contributed by atoms with Gasteiger partial charge in [-0.15, -0.1) is 10.1 Å². The molecule has 0 aliphatic carbocycles. The minimum Gasteiger partial charge on any atom is -0.479 e. The highest BCUT2D eigenvalue weighted by Crippen LogP contribution is 2.29. The number of nitrogens with zero attached hydrogens (tertiary/aromatic N) is 5. The van der Waals surface area contributed by atoms with Crippen LogP contribution in [-0.4, -0.2) is 58.6 Å². The fourth-order valence-corrected chi connectivity index (χ4v) is 2.42. The zero-order valence-corrected chi connectivity index (χ0v) is 14.4. The Labute approximate surface area is 148 Å². The third-order valence-electron chi connectivity index (χ3n) is 3.25. The van der Waals surface area contributed by atoms with Crippen LogP contribution in [-0.2, 0) is 9.63 Å². The lowest BCUT2D eigenvalue weighted by atomic mass is 10.3. The number of guanidine groups is 1. The molecule has 0 spiro atoms. The van der Waals surface area contributed by atoms with Crippen LogP contribution >= 0.6 is 11.6 Å². The van der Waals surface area contributed by atoms with Crippen molar-refractivity contribution in [3.05, 3.63) is 21.1 Å². The fourth-order valence-electron chi connectivity index (χ4n) is 2.17. The molecule has 0 aromatic carbocycles. The first kappa shape index (κ1) is 18.6. The van der Waals surface area contributed by atoms with E-state index in [1.165, 1.54) is 12.0 Å². The van der Waals surface area contributed by atoms with Gasteiger partial charge >= 0.3 is 0 Å². The van der Waals surface area contributed by atoms with Crippen LogP contribution in [0.15, 0.2) is 4.99 Å². The first-order valence-corrected chi connectivity index (χ1v) is 7.77. The zero-order valence-electron chi connectivity index (χ0n) is 13.7. The normalized spacial score (nSPS) is 13.4. The van der Waals surface area contributed by atoms with Crippen LogP contribution in [0.5, 0.6) is 5.88 Å². The number of carbonyl (C=O) groups is 1. The number of hydrogen-bond donors (Lipinski definition) is 1. The van der Waals surface area contributed by atoms with Crippen molar-refractivity contribution in [1.82, 2.24) is 14.9 Å². The van der Waals surface area contributed by atoms with Crippen molar-refractivity contribution in [2.24, 2.45) is 4.99 Å². The summed E-state index contributed by atoms with van der Waals surface area (Å²) in [5.41, 5.74) is 0.310. The number of aromatic nitrogens is 2. The Morgan fingerprint density at radius 1 is 1.48 bits per heavy atom. The molecule has 0 bridgehead atoms. The van der Waals surface area contributed by atoms with Crippen molar-refractivity contribution in [1.29, 1.82) is 0 Å². The molecule has 0 saturated carbocycles. The van der Waals surface area contributed by atoms with Gasteiger partial charge in [-0.3, -0.25) is 14.7 Å². The second-order valence-corrected chi connectivity index (χ2v) is 5.34. The van der Waals surface area contributed by atoms with Crippen LogP contribution in [0, 0.1) is 17.0 Å². The molecular weight excluding hydrogens is 356 g/mol. The van der Waals surface area contributed by atoms with E-state index in [0.717, 1.165) is 0 Å². The number of ether oxygens (including phenoxy) is 1. The summed E-state index contributed by atoms with van der Waals surface area (Å²) in [7, 11) is 1.44. The van der Waals surface area contributed by atoms with E-state index in [0.29, 0.717) is 30.6 Å². The SMILES string of the molecule is COc1nc(C)nc(Cl)c1NC1=NCCN1C(=O)CCCO[N+](=O)[O-]. The van der Waals surface area contributed by atoms with E-state index in [1.54, 1.807) is 6.92 Å². The molecule has 0 atom stereocenters. The van der Waals surface area contributed by atoms with E-state index < -0.39 is 5.09 Å². The molecule has 12 heteroatoms. The molecule has 1 aromatic heterocycles. The number of carbonyl (C=O) groups excluding carboxylic acids is 1. The average molecular weight is 373 g/mol. The maximum absolute atomic E-state index is 12.3. The number of hydrogen-bond acceptors (Lipinski definition) is 9. The van der Waals surface area contributed by atoms with Crippen LogP contribution in [0.4, 0.5) is 5.69 Å². The molecule has 25 heavy (non-hydrogen) atoms. The molecule has 0 radical (unpaired) electrons. The quantitative estimate of drug-likeness (QED) is 0.325. The van der Waals surface area contributed by atoms with Crippen LogP contribution in [0.2, 0.25) is 5.15 Å². The standard InChI is InChI=1S/C13H17ClN6O5/c1-8-16-11(14)10(12(17-8)24-2)18-13-15-5-6-19(13)9(21)4-3-7-25-20(22)23/h3-7H2,1-2H3,(H,15,18). The van der Waals surface area contributed by atoms with Gasteiger partial charge in [-0.05, 0) is 13.3 Å². The zero-order chi connectivity index (χ0) is 18.4. The number of amides is 1. The summed E-state index contributed by atoms with van der Waals surface area (Å²) in [4.78, 5) is 40.4. The third-order valence-corrected chi connectivity index (χ3v) is 3.52. The number of methoxy groups -OCH3 is 1. The summed E-state index contributed by atoms with van der Waals surface area (Å²) < 4.78 is 5.18. The van der Waals surface area contributed by atoms with Crippen molar-refractivity contribution in [3.8, 4) is 5.88 Å². The van der Waals surface area contributed by atoms with Crippen molar-refractivity contribution < 1.29 is 19.5 Å². The molecule has 1 aliphatic heterocycles. The van der Waals surface area contributed by atoms with Crippen LogP contribution in [0.1, 0.15) is 18.7 Å². The minimum atomic E-state index is -0.888. The minimum absolute atomic E-state index is 0.0871. The molecule has 1 N–H and O–H groups in total. The molecule has 0 saturated heterocycles. The van der Waals surface area contributed by atoms with Crippen molar-refractivity contribution in [2.75, 3.05) is 32.1 Å². The summed E-state index contributed by atoms with van der Waals surface area (Å²) >= 11 is 6.12. The Hall–Kier alpha value is -2.69. The Kier molecular flexibility index (Phi) is 6.28.